The van der Waals surface area contributed by atoms with Crippen molar-refractivity contribution in [2.24, 2.45) is 0 Å². The highest BCUT2D eigenvalue weighted by Gasteiger charge is 2.38. The zero-order chi connectivity index (χ0) is 18.0. The molecular formula is C16H10F2N2O5. The van der Waals surface area contributed by atoms with Crippen LogP contribution in [0.3, 0.4) is 0 Å². The van der Waals surface area contributed by atoms with Crippen LogP contribution in [-0.2, 0) is 4.84 Å². The summed E-state index contributed by atoms with van der Waals surface area (Å²) in [4.78, 5) is 44.8. The second-order valence-corrected chi connectivity index (χ2v) is 4.92. The zero-order valence-corrected chi connectivity index (χ0v) is 12.5. The monoisotopic (exact) mass is 348 g/mol. The van der Waals surface area contributed by atoms with E-state index in [0.717, 1.165) is 6.20 Å². The van der Waals surface area contributed by atoms with Crippen molar-refractivity contribution in [2.75, 3.05) is 6.61 Å². The summed E-state index contributed by atoms with van der Waals surface area (Å²) < 4.78 is 28.8. The summed E-state index contributed by atoms with van der Waals surface area (Å²) in [6.07, 6.45) is -1.62. The van der Waals surface area contributed by atoms with E-state index in [4.69, 9.17) is 4.84 Å². The minimum Gasteiger partial charge on any atom is -0.472 e. The van der Waals surface area contributed by atoms with Crippen molar-refractivity contribution in [3.63, 3.8) is 0 Å². The van der Waals surface area contributed by atoms with Crippen LogP contribution in [0.15, 0.2) is 42.6 Å². The molecule has 0 spiro atoms. The minimum absolute atomic E-state index is 0.0825. The number of benzene rings is 1. The number of hydroxylamine groups is 2. The van der Waals surface area contributed by atoms with Crippen LogP contribution in [0.4, 0.5) is 8.78 Å². The van der Waals surface area contributed by atoms with Crippen LogP contribution in [0.5, 0.6) is 5.88 Å². The van der Waals surface area contributed by atoms with Gasteiger partial charge in [0.1, 0.15) is 0 Å². The van der Waals surface area contributed by atoms with Crippen molar-refractivity contribution in [3.8, 4) is 5.88 Å². The van der Waals surface area contributed by atoms with Crippen molar-refractivity contribution in [3.05, 3.63) is 59.3 Å². The average molecular weight is 348 g/mol. The Morgan fingerprint density at radius 3 is 2.24 bits per heavy atom. The van der Waals surface area contributed by atoms with Gasteiger partial charge in [0.25, 0.3) is 18.2 Å². The number of halogens is 2. The van der Waals surface area contributed by atoms with Crippen molar-refractivity contribution >= 4 is 17.8 Å². The smallest absolute Gasteiger partial charge is 0.365 e. The number of nitrogens with zero attached hydrogens (tertiary/aromatic N) is 2. The Kier molecular flexibility index (Phi) is 4.38. The Bertz CT molecular complexity index is 804. The van der Waals surface area contributed by atoms with Crippen LogP contribution in [0.2, 0.25) is 0 Å². The molecule has 0 saturated carbocycles. The SMILES string of the molecule is O=C(ON1C(=O)c2ccccc2C1=O)c1ccc(OCC(F)F)nc1. The van der Waals surface area contributed by atoms with Crippen LogP contribution in [0.1, 0.15) is 31.1 Å². The highest BCUT2D eigenvalue weighted by atomic mass is 19.3. The summed E-state index contributed by atoms with van der Waals surface area (Å²) in [6.45, 7) is -0.828. The molecular weight excluding hydrogens is 338 g/mol. The predicted molar refractivity (Wildman–Crippen MR) is 78.1 cm³/mol. The Morgan fingerprint density at radius 2 is 1.72 bits per heavy atom. The van der Waals surface area contributed by atoms with E-state index in [1.165, 1.54) is 24.3 Å². The molecule has 0 saturated heterocycles. The molecule has 0 atom stereocenters. The lowest BCUT2D eigenvalue weighted by atomic mass is 10.1. The van der Waals surface area contributed by atoms with Gasteiger partial charge in [-0.25, -0.2) is 18.6 Å². The van der Waals surface area contributed by atoms with E-state index in [0.29, 0.717) is 5.06 Å². The molecule has 25 heavy (non-hydrogen) atoms. The van der Waals surface area contributed by atoms with Gasteiger partial charge in [-0.1, -0.05) is 17.2 Å². The summed E-state index contributed by atoms with van der Waals surface area (Å²) in [7, 11) is 0. The maximum atomic E-state index is 12.1. The molecule has 0 aliphatic carbocycles. The van der Waals surface area contributed by atoms with Gasteiger partial charge in [0.2, 0.25) is 5.88 Å². The molecule has 0 N–H and O–H groups in total. The number of hydrogen-bond acceptors (Lipinski definition) is 6. The van der Waals surface area contributed by atoms with E-state index >= 15 is 0 Å². The van der Waals surface area contributed by atoms with Crippen LogP contribution >= 0.6 is 0 Å². The van der Waals surface area contributed by atoms with Crippen molar-refractivity contribution < 1.29 is 32.7 Å². The average Bonchev–Trinajstić information content (AvgIpc) is 2.85. The number of imide groups is 1. The molecule has 0 radical (unpaired) electrons. The van der Waals surface area contributed by atoms with E-state index < -0.39 is 30.8 Å². The molecule has 2 heterocycles. The van der Waals surface area contributed by atoms with Gasteiger partial charge in [0.05, 0.1) is 16.7 Å². The first-order chi connectivity index (χ1) is 12.0. The van der Waals surface area contributed by atoms with Gasteiger partial charge in [-0.3, -0.25) is 9.59 Å². The number of alkyl halides is 2. The van der Waals surface area contributed by atoms with Gasteiger partial charge in [0, 0.05) is 12.3 Å². The number of amides is 2. The fourth-order valence-corrected chi connectivity index (χ4v) is 2.12. The van der Waals surface area contributed by atoms with Gasteiger partial charge in [-0.15, -0.1) is 0 Å². The molecule has 0 unspecified atom stereocenters. The fourth-order valence-electron chi connectivity index (χ4n) is 2.12. The summed E-state index contributed by atoms with van der Waals surface area (Å²) in [5.74, 6) is -2.60. The van der Waals surface area contributed by atoms with Crippen molar-refractivity contribution in [1.82, 2.24) is 10.0 Å². The number of pyridine rings is 1. The fraction of sp³-hybridized carbons (Fsp3) is 0.125. The van der Waals surface area contributed by atoms with E-state index in [1.54, 1.807) is 12.1 Å². The number of rotatable bonds is 5. The van der Waals surface area contributed by atoms with Crippen LogP contribution < -0.4 is 4.74 Å². The Labute approximate surface area is 139 Å². The third kappa shape index (κ3) is 3.30. The lowest BCUT2D eigenvalue weighted by molar-refractivity contribution is -0.0584. The van der Waals surface area contributed by atoms with Gasteiger partial charge in [0.15, 0.2) is 6.61 Å². The number of aromatic nitrogens is 1. The molecule has 1 aliphatic heterocycles. The first-order valence-electron chi connectivity index (χ1n) is 7.04. The quantitative estimate of drug-likeness (QED) is 0.769. The number of carbonyl (C=O) groups excluding carboxylic acids is 3. The van der Waals surface area contributed by atoms with Gasteiger partial charge >= 0.3 is 5.97 Å². The number of carbonyl (C=O) groups is 3. The second kappa shape index (κ2) is 6.63. The molecule has 3 rings (SSSR count). The van der Waals surface area contributed by atoms with Crippen molar-refractivity contribution in [2.45, 2.75) is 6.43 Å². The van der Waals surface area contributed by atoms with Crippen molar-refractivity contribution in [1.29, 1.82) is 0 Å². The molecule has 0 fully saturated rings. The van der Waals surface area contributed by atoms with E-state index in [1.807, 2.05) is 0 Å². The molecule has 9 heteroatoms. The van der Waals surface area contributed by atoms with Gasteiger partial charge in [-0.2, -0.15) is 0 Å². The first-order valence-corrected chi connectivity index (χ1v) is 7.04. The summed E-state index contributed by atoms with van der Waals surface area (Å²) in [6, 6.07) is 8.46. The van der Waals surface area contributed by atoms with Crippen LogP contribution in [0.25, 0.3) is 0 Å². The topological polar surface area (TPSA) is 85.8 Å². The summed E-state index contributed by atoms with van der Waals surface area (Å²) in [5, 5.41) is 0.369. The first kappa shape index (κ1) is 16.5. The molecule has 128 valence electrons. The van der Waals surface area contributed by atoms with E-state index in [2.05, 4.69) is 9.72 Å². The number of ether oxygens (including phenoxy) is 1. The normalized spacial score (nSPS) is 13.2. The molecule has 2 amide bonds. The highest BCUT2D eigenvalue weighted by molar-refractivity contribution is 6.21. The molecule has 1 aliphatic rings. The predicted octanol–water partition coefficient (Wildman–Crippen LogP) is 2.09. The molecule has 1 aromatic carbocycles. The standard InChI is InChI=1S/C16H10F2N2O5/c17-12(18)8-24-13-6-5-9(7-19-13)16(23)25-20-14(21)10-3-1-2-4-11(10)15(20)22/h1-7,12H,8H2. The number of hydrogen-bond donors (Lipinski definition) is 0. The molecule has 1 aromatic heterocycles. The number of fused-ring (bicyclic) bond motifs is 1. The Hall–Kier alpha value is -3.36. The van der Waals surface area contributed by atoms with Crippen LogP contribution in [-0.4, -0.2) is 40.9 Å². The molecule has 0 bridgehead atoms. The molecule has 7 nitrogen and oxygen atoms in total. The maximum absolute atomic E-state index is 12.1. The van der Waals surface area contributed by atoms with Gasteiger partial charge in [-0.05, 0) is 18.2 Å². The summed E-state index contributed by atoms with van der Waals surface area (Å²) >= 11 is 0. The van der Waals surface area contributed by atoms with Crippen LogP contribution in [0, 0.1) is 0 Å². The third-order valence-electron chi connectivity index (χ3n) is 3.26. The largest absolute Gasteiger partial charge is 0.472 e. The second-order valence-electron chi connectivity index (χ2n) is 4.92. The summed E-state index contributed by atoms with van der Waals surface area (Å²) in [5.41, 5.74) is 0.185. The third-order valence-corrected chi connectivity index (χ3v) is 3.26. The Morgan fingerprint density at radius 1 is 1.08 bits per heavy atom. The highest BCUT2D eigenvalue weighted by Crippen LogP contribution is 2.23. The van der Waals surface area contributed by atoms with E-state index in [-0.39, 0.29) is 22.6 Å². The molecule has 2 aromatic rings. The Balaban J connectivity index is 1.69. The lowest BCUT2D eigenvalue weighted by Crippen LogP contribution is -2.32. The van der Waals surface area contributed by atoms with Gasteiger partial charge < -0.3 is 9.57 Å². The zero-order valence-electron chi connectivity index (χ0n) is 12.5. The van der Waals surface area contributed by atoms with E-state index in [9.17, 15) is 23.2 Å². The maximum Gasteiger partial charge on any atom is 0.365 e. The minimum atomic E-state index is -2.65. The lowest BCUT2D eigenvalue weighted by Gasteiger charge is -2.12.